The minimum Gasteiger partial charge on any atom is -0.245 e. The summed E-state index contributed by atoms with van der Waals surface area (Å²) in [6.45, 7) is 0. The third-order valence-electron chi connectivity index (χ3n) is 11.1. The molecule has 6 fully saturated rings. The Kier molecular flexibility index (Phi) is 1.56. The van der Waals surface area contributed by atoms with Crippen LogP contribution in [0.2, 0.25) is 0 Å². The second-order valence-electron chi connectivity index (χ2n) is 10.6. The van der Waals surface area contributed by atoms with Gasteiger partial charge in [0.15, 0.2) is 0 Å². The first kappa shape index (κ1) is 13.2. The van der Waals surface area contributed by atoms with Crippen molar-refractivity contribution in [2.75, 3.05) is 0 Å². The maximum absolute atomic E-state index is 13.6. The van der Waals surface area contributed by atoms with Gasteiger partial charge in [-0.1, -0.05) is 31.0 Å². The molecule has 4 atom stereocenters. The van der Waals surface area contributed by atoms with Gasteiger partial charge in [-0.05, 0) is 49.7 Å². The molecule has 0 N–H and O–H groups in total. The van der Waals surface area contributed by atoms with Crippen molar-refractivity contribution >= 4 is 0 Å². The predicted octanol–water partition coefficient (Wildman–Crippen LogP) is 2.50. The highest BCUT2D eigenvalue weighted by atomic mass is 16.2. The molecule has 6 aliphatic carbocycles. The summed E-state index contributed by atoms with van der Waals surface area (Å²) in [6, 6.07) is 10.1. The van der Waals surface area contributed by atoms with E-state index in [0.29, 0.717) is 33.7 Å². The second kappa shape index (κ2) is 3.19. The summed E-state index contributed by atoms with van der Waals surface area (Å²) in [6.07, 6.45) is 7.79. The van der Waals surface area contributed by atoms with E-state index >= 15 is 0 Å². The van der Waals surface area contributed by atoms with Crippen LogP contribution in [0.3, 0.4) is 0 Å². The molecule has 136 valence electrons. The first-order chi connectivity index (χ1) is 13.2. The van der Waals surface area contributed by atoms with Crippen LogP contribution < -0.4 is 11.4 Å². The van der Waals surface area contributed by atoms with Gasteiger partial charge < -0.3 is 0 Å². The summed E-state index contributed by atoms with van der Waals surface area (Å²) < 4.78 is 5.43. The molecule has 0 unspecified atom stereocenters. The molecule has 5 heteroatoms. The van der Waals surface area contributed by atoms with E-state index in [1.165, 1.54) is 43.1 Å². The molecular formula is C22H21N3O2. The van der Waals surface area contributed by atoms with Crippen molar-refractivity contribution in [3.63, 3.8) is 0 Å². The number of hydrogen-bond donors (Lipinski definition) is 0. The van der Waals surface area contributed by atoms with Crippen LogP contribution in [-0.4, -0.2) is 13.9 Å². The van der Waals surface area contributed by atoms with Crippen LogP contribution in [0.25, 0.3) is 5.69 Å². The molecular weight excluding hydrogens is 338 g/mol. The van der Waals surface area contributed by atoms with Gasteiger partial charge in [-0.25, -0.2) is 23.5 Å². The lowest BCUT2D eigenvalue weighted by Crippen LogP contribution is -3.06. The second-order valence-corrected chi connectivity index (χ2v) is 10.6. The van der Waals surface area contributed by atoms with Crippen LogP contribution in [0.15, 0.2) is 39.9 Å². The third kappa shape index (κ3) is 0.752. The summed E-state index contributed by atoms with van der Waals surface area (Å²) in [4.78, 5) is 27.2. The molecule has 27 heavy (non-hydrogen) atoms. The molecule has 2 aliphatic heterocycles. The standard InChI is InChI=1S/C22H21N3O2/c26-17-23(12-6-2-1-3-7-12)18(27)25-16-20-9-4-8-19(20)13-14(20)22(16)11-5-10-21(13,22)15(19)24(17)25/h1-3,6-7,13-16H,4-5,8-11H2/t13?,14?,15?,16?,19-,20-,21-,22-/m1/s1. The minimum absolute atomic E-state index is 0.0836. The fourth-order valence-electron chi connectivity index (χ4n) is 11.6. The highest BCUT2D eigenvalue weighted by Crippen LogP contribution is 3.14. The van der Waals surface area contributed by atoms with Gasteiger partial charge in [0.2, 0.25) is 0 Å². The summed E-state index contributed by atoms with van der Waals surface area (Å²) in [7, 11) is 0. The van der Waals surface area contributed by atoms with Crippen LogP contribution in [0.4, 0.5) is 0 Å². The number of rotatable bonds is 1. The van der Waals surface area contributed by atoms with Gasteiger partial charge in [0, 0.05) is 21.7 Å². The van der Waals surface area contributed by atoms with Crippen molar-refractivity contribution in [1.82, 2.24) is 13.9 Å². The van der Waals surface area contributed by atoms with E-state index in [1.807, 2.05) is 39.7 Å². The summed E-state index contributed by atoms with van der Waals surface area (Å²) >= 11 is 0. The quantitative estimate of drug-likeness (QED) is 0.785. The van der Waals surface area contributed by atoms with E-state index in [2.05, 4.69) is 0 Å². The van der Waals surface area contributed by atoms with Gasteiger partial charge in [-0.3, -0.25) is 0 Å². The smallest absolute Gasteiger partial charge is 0.245 e. The molecule has 1 aromatic carbocycles. The Morgan fingerprint density at radius 3 is 1.59 bits per heavy atom. The van der Waals surface area contributed by atoms with Gasteiger partial charge in [0.1, 0.15) is 0 Å². The molecule has 1 aromatic heterocycles. The minimum atomic E-state index is -0.0836. The van der Waals surface area contributed by atoms with Gasteiger partial charge in [-0.2, -0.15) is 0 Å². The predicted molar refractivity (Wildman–Crippen MR) is 96.8 cm³/mol. The fourth-order valence-corrected chi connectivity index (χ4v) is 11.6. The molecule has 3 heterocycles. The lowest BCUT2D eigenvalue weighted by molar-refractivity contribution is -0.615. The van der Waals surface area contributed by atoms with E-state index < -0.39 is 0 Å². The van der Waals surface area contributed by atoms with Gasteiger partial charge in [-0.15, -0.1) is 0 Å². The Hall–Kier alpha value is -2.04. The fraction of sp³-hybridized carbons (Fsp3) is 0.636. The zero-order valence-electron chi connectivity index (χ0n) is 15.1. The van der Waals surface area contributed by atoms with E-state index in [0.717, 1.165) is 17.5 Å². The number of hydrogen-bond acceptors (Lipinski definition) is 2. The molecule has 4 spiro atoms. The molecule has 10 rings (SSSR count). The molecule has 0 saturated heterocycles. The van der Waals surface area contributed by atoms with Crippen LogP contribution in [0.5, 0.6) is 0 Å². The number of benzene rings is 1. The highest BCUT2D eigenvalue weighted by Gasteiger charge is 3.12. The number of para-hydroxylation sites is 1. The van der Waals surface area contributed by atoms with Crippen molar-refractivity contribution in [3.8, 4) is 5.69 Å². The summed E-state index contributed by atoms with van der Waals surface area (Å²) in [5.41, 5.74) is 2.03. The van der Waals surface area contributed by atoms with Crippen LogP contribution in [-0.2, 0) is 0 Å². The Morgan fingerprint density at radius 1 is 0.704 bits per heavy atom. The Morgan fingerprint density at radius 2 is 1.15 bits per heavy atom. The molecule has 0 amide bonds. The van der Waals surface area contributed by atoms with Crippen LogP contribution >= 0.6 is 0 Å². The summed E-state index contributed by atoms with van der Waals surface area (Å²) in [5.74, 6) is 1.76. The average molecular weight is 359 g/mol. The Bertz CT molecular complexity index is 1130. The largest absolute Gasteiger partial charge is 0.352 e. The number of nitrogens with zero attached hydrogens (tertiary/aromatic N) is 3. The Labute approximate surface area is 155 Å². The van der Waals surface area contributed by atoms with Gasteiger partial charge in [0.05, 0.1) is 17.8 Å². The lowest BCUT2D eigenvalue weighted by atomic mass is 8.98. The first-order valence-corrected chi connectivity index (χ1v) is 10.7. The molecule has 8 aliphatic rings. The van der Waals surface area contributed by atoms with Crippen molar-refractivity contribution in [1.29, 1.82) is 0 Å². The lowest BCUT2D eigenvalue weighted by Gasteiger charge is -3.07. The third-order valence-corrected chi connectivity index (χ3v) is 11.1. The molecule has 2 bridgehead atoms. The maximum Gasteiger partial charge on any atom is 0.352 e. The molecule has 6 saturated carbocycles. The highest BCUT2D eigenvalue weighted by molar-refractivity contribution is 5.58. The molecule has 0 radical (unpaired) electrons. The monoisotopic (exact) mass is 359 g/mol. The van der Waals surface area contributed by atoms with Crippen molar-refractivity contribution < 1.29 is 0 Å². The normalized spacial score (nSPS) is 55.4. The zero-order valence-corrected chi connectivity index (χ0v) is 15.1. The maximum atomic E-state index is 13.6. The SMILES string of the molecule is O=c1n(-c2ccccc2)c(=O)n2n1C1[C@]34CCC[C@]35C3C4[C@]14CCC[C@]34C25. The molecule has 5 nitrogen and oxygen atoms in total. The van der Waals surface area contributed by atoms with Crippen molar-refractivity contribution in [3.05, 3.63) is 51.3 Å². The van der Waals surface area contributed by atoms with E-state index in [4.69, 9.17) is 0 Å². The van der Waals surface area contributed by atoms with Crippen LogP contribution in [0.1, 0.15) is 50.6 Å². The zero-order chi connectivity index (χ0) is 17.6. The van der Waals surface area contributed by atoms with E-state index in [1.54, 1.807) is 0 Å². The Balaban J connectivity index is 1.43. The van der Waals surface area contributed by atoms with Gasteiger partial charge >= 0.3 is 11.4 Å². The van der Waals surface area contributed by atoms with Crippen molar-refractivity contribution in [2.45, 2.75) is 50.6 Å². The first-order valence-electron chi connectivity index (χ1n) is 10.7. The van der Waals surface area contributed by atoms with E-state index in [9.17, 15) is 9.59 Å². The topological polar surface area (TPSA) is 48.9 Å². The summed E-state index contributed by atoms with van der Waals surface area (Å²) in [5, 5.41) is 0. The van der Waals surface area contributed by atoms with Crippen molar-refractivity contribution in [2.24, 2.45) is 33.5 Å². The van der Waals surface area contributed by atoms with E-state index in [-0.39, 0.29) is 11.4 Å². The van der Waals surface area contributed by atoms with Crippen LogP contribution in [0, 0.1) is 33.5 Å². The van der Waals surface area contributed by atoms with Gasteiger partial charge in [0.25, 0.3) is 0 Å². The average Bonchev–Trinajstić information content (AvgIpc) is 3.30. The molecule has 2 aromatic rings. The number of aromatic nitrogens is 3.